The van der Waals surface area contributed by atoms with Gasteiger partial charge in [-0.05, 0) is 105 Å². The molecule has 62 heavy (non-hydrogen) atoms. The van der Waals surface area contributed by atoms with Crippen molar-refractivity contribution in [3.63, 3.8) is 0 Å². The highest BCUT2D eigenvalue weighted by atomic mass is 15.0. The van der Waals surface area contributed by atoms with Crippen LogP contribution >= 0.6 is 0 Å². The molecule has 0 atom stereocenters. The molecule has 0 spiro atoms. The predicted molar refractivity (Wildman–Crippen MR) is 262 cm³/mol. The van der Waals surface area contributed by atoms with Gasteiger partial charge in [0.2, 0.25) is 0 Å². The van der Waals surface area contributed by atoms with Crippen LogP contribution in [0.4, 0.5) is 0 Å². The second-order valence-corrected chi connectivity index (χ2v) is 15.6. The topological polar surface area (TPSA) is 9.86 Å². The van der Waals surface area contributed by atoms with Crippen molar-refractivity contribution in [1.29, 1.82) is 0 Å². The van der Waals surface area contributed by atoms with Gasteiger partial charge in [-0.2, -0.15) is 0 Å². The largest absolute Gasteiger partial charge is 0.309 e. The Balaban J connectivity index is 1.06. The molecule has 2 heterocycles. The molecule has 0 fully saturated rings. The minimum atomic E-state index is -0.428. The van der Waals surface area contributed by atoms with E-state index in [0.717, 1.165) is 72.0 Å². The Kier molecular flexibility index (Phi) is 6.95. The average molecular weight is 796 g/mol. The summed E-state index contributed by atoms with van der Waals surface area (Å²) in [6, 6.07) is 65.5. The molecule has 0 unspecified atom stereocenters. The van der Waals surface area contributed by atoms with E-state index in [-0.39, 0.29) is 57.6 Å². The van der Waals surface area contributed by atoms with Crippen LogP contribution in [0.25, 0.3) is 111 Å². The average Bonchev–Trinajstić information content (AvgIpc) is 3.94. The molecule has 0 aliphatic heterocycles. The molecule has 0 aliphatic carbocycles. The third-order valence-corrected chi connectivity index (χ3v) is 12.0. The van der Waals surface area contributed by atoms with Crippen molar-refractivity contribution in [1.82, 2.24) is 9.13 Å². The monoisotopic (exact) mass is 795 g/mol. The third-order valence-electron chi connectivity index (χ3n) is 12.0. The maximum atomic E-state index is 9.97. The van der Waals surface area contributed by atoms with Gasteiger partial charge in [-0.15, -0.1) is 0 Å². The first-order valence-electron chi connectivity index (χ1n) is 24.3. The molecular weight excluding hydrogens is 749 g/mol. The fraction of sp³-hybridized carbons (Fsp3) is 0. The second-order valence-electron chi connectivity index (χ2n) is 15.6. The standard InChI is InChI=1S/C60H40N2/c1-4-14-41(15-5-1)43-24-26-44(27-25-43)45-28-33-50(34-29-45)61-57-23-13-11-21-52(57)54-38-47(31-36-58(54)61)48-32-37-59-55(39-48)53-35-30-49(42-16-6-2-7-17-42)40-60(53)62(59)56-22-12-10-20-51(56)46-18-8-3-9-19-46/h1-40H/i11D,13D,21D,23D,31D,36D,38D. The molecule has 10 aromatic carbocycles. The summed E-state index contributed by atoms with van der Waals surface area (Å²) in [5, 5.41) is 2.20. The zero-order valence-electron chi connectivity index (χ0n) is 40.4. The Bertz CT molecular complexity index is 3990. The van der Waals surface area contributed by atoms with Crippen molar-refractivity contribution >= 4 is 43.6 Å². The van der Waals surface area contributed by atoms with Crippen LogP contribution in [-0.4, -0.2) is 9.13 Å². The van der Waals surface area contributed by atoms with E-state index in [1.807, 2.05) is 109 Å². The minimum Gasteiger partial charge on any atom is -0.309 e. The normalized spacial score (nSPS) is 13.1. The zero-order valence-corrected chi connectivity index (χ0v) is 33.4. The zero-order chi connectivity index (χ0) is 47.1. The van der Waals surface area contributed by atoms with Crippen LogP contribution < -0.4 is 0 Å². The van der Waals surface area contributed by atoms with Crippen LogP contribution in [0.3, 0.4) is 0 Å². The van der Waals surface area contributed by atoms with E-state index >= 15 is 0 Å². The lowest BCUT2D eigenvalue weighted by Crippen LogP contribution is -1.97. The summed E-state index contributed by atoms with van der Waals surface area (Å²) < 4.78 is 69.3. The van der Waals surface area contributed by atoms with Crippen LogP contribution in [0.15, 0.2) is 242 Å². The summed E-state index contributed by atoms with van der Waals surface area (Å²) in [5.74, 6) is 0. The Hall–Kier alpha value is -8.20. The van der Waals surface area contributed by atoms with E-state index in [9.17, 15) is 6.85 Å². The summed E-state index contributed by atoms with van der Waals surface area (Å²) >= 11 is 0. The van der Waals surface area contributed by atoms with Gasteiger partial charge in [-0.3, -0.25) is 0 Å². The van der Waals surface area contributed by atoms with Gasteiger partial charge in [0.05, 0.1) is 37.3 Å². The van der Waals surface area contributed by atoms with Crippen LogP contribution in [-0.2, 0) is 0 Å². The molecule has 0 radical (unpaired) electrons. The molecule has 0 saturated carbocycles. The first kappa shape index (κ1) is 29.1. The fourth-order valence-corrected chi connectivity index (χ4v) is 8.98. The van der Waals surface area contributed by atoms with E-state index in [1.54, 1.807) is 4.57 Å². The van der Waals surface area contributed by atoms with Crippen molar-refractivity contribution in [2.45, 2.75) is 0 Å². The van der Waals surface area contributed by atoms with Crippen molar-refractivity contribution in [2.75, 3.05) is 0 Å². The molecule has 12 aromatic rings. The molecule has 2 aromatic heterocycles. The highest BCUT2D eigenvalue weighted by Crippen LogP contribution is 2.41. The number of nitrogens with zero attached hydrogens (tertiary/aromatic N) is 2. The SMILES string of the molecule is [2H]c1c([2H])c([2H])c2c(c1[2H])c1c([2H])c(-c3ccc4c(c3)c3ccc(-c5ccccc5)cc3n4-c3ccccc3-c3ccccc3)c([2H])c([2H])c1n2-c1ccc(-c2ccc(-c3ccccc3)cc2)cc1. The first-order valence-corrected chi connectivity index (χ1v) is 20.8. The number of benzene rings is 10. The first-order chi connectivity index (χ1) is 33.7. The molecule has 12 rings (SSSR count). The molecule has 0 saturated heterocycles. The lowest BCUT2D eigenvalue weighted by molar-refractivity contribution is 1.18. The quantitative estimate of drug-likeness (QED) is 0.152. The lowest BCUT2D eigenvalue weighted by Gasteiger charge is -2.14. The lowest BCUT2D eigenvalue weighted by atomic mass is 9.99. The molecule has 0 N–H and O–H groups in total. The summed E-state index contributed by atoms with van der Waals surface area (Å²) in [6.45, 7) is 0. The van der Waals surface area contributed by atoms with Gasteiger partial charge >= 0.3 is 0 Å². The summed E-state index contributed by atoms with van der Waals surface area (Å²) in [5.41, 5.74) is 13.0. The molecular formula is C60H40N2. The van der Waals surface area contributed by atoms with Gasteiger partial charge < -0.3 is 9.13 Å². The van der Waals surface area contributed by atoms with Crippen molar-refractivity contribution in [2.24, 2.45) is 0 Å². The van der Waals surface area contributed by atoms with Gasteiger partial charge in [-0.1, -0.05) is 188 Å². The van der Waals surface area contributed by atoms with Gasteiger partial charge in [0.25, 0.3) is 0 Å². The van der Waals surface area contributed by atoms with E-state index < -0.39 is 12.1 Å². The highest BCUT2D eigenvalue weighted by molar-refractivity contribution is 6.13. The van der Waals surface area contributed by atoms with Crippen molar-refractivity contribution in [3.8, 4) is 67.0 Å². The van der Waals surface area contributed by atoms with Gasteiger partial charge in [0, 0.05) is 32.8 Å². The van der Waals surface area contributed by atoms with Gasteiger partial charge in [0.1, 0.15) is 0 Å². The van der Waals surface area contributed by atoms with E-state index in [4.69, 9.17) is 2.74 Å². The Morgan fingerprint density at radius 1 is 0.290 bits per heavy atom. The van der Waals surface area contributed by atoms with E-state index in [0.29, 0.717) is 11.3 Å². The van der Waals surface area contributed by atoms with Crippen LogP contribution in [0, 0.1) is 0 Å². The number of hydrogen-bond acceptors (Lipinski definition) is 0. The maximum absolute atomic E-state index is 9.97. The molecule has 0 bridgehead atoms. The number of rotatable bonds is 7. The smallest absolute Gasteiger partial charge is 0.0645 e. The number of hydrogen-bond donors (Lipinski definition) is 0. The van der Waals surface area contributed by atoms with Crippen LogP contribution in [0.2, 0.25) is 0 Å². The number of fused-ring (bicyclic) bond motifs is 6. The molecule has 0 amide bonds. The summed E-state index contributed by atoms with van der Waals surface area (Å²) in [7, 11) is 0. The number of para-hydroxylation sites is 2. The summed E-state index contributed by atoms with van der Waals surface area (Å²) in [6.07, 6.45) is 0. The maximum Gasteiger partial charge on any atom is 0.0645 e. The Labute approximate surface area is 370 Å². The molecule has 0 aliphatic rings. The third kappa shape index (κ3) is 6.04. The predicted octanol–water partition coefficient (Wildman–Crippen LogP) is 16.2. The van der Waals surface area contributed by atoms with Crippen LogP contribution in [0.5, 0.6) is 0 Å². The van der Waals surface area contributed by atoms with Crippen molar-refractivity contribution < 1.29 is 9.60 Å². The Morgan fingerprint density at radius 2 is 0.823 bits per heavy atom. The fourth-order valence-electron chi connectivity index (χ4n) is 8.98. The van der Waals surface area contributed by atoms with Gasteiger partial charge in [-0.25, -0.2) is 0 Å². The molecule has 2 nitrogen and oxygen atoms in total. The molecule has 290 valence electrons. The Morgan fingerprint density at radius 3 is 1.53 bits per heavy atom. The minimum absolute atomic E-state index is 0.0845. The van der Waals surface area contributed by atoms with E-state index in [1.165, 1.54) is 0 Å². The number of aromatic nitrogens is 2. The highest BCUT2D eigenvalue weighted by Gasteiger charge is 2.19. The molecule has 2 heteroatoms. The van der Waals surface area contributed by atoms with E-state index in [2.05, 4.69) is 95.6 Å². The van der Waals surface area contributed by atoms with Gasteiger partial charge in [0.15, 0.2) is 0 Å². The van der Waals surface area contributed by atoms with Crippen molar-refractivity contribution in [3.05, 3.63) is 242 Å². The summed E-state index contributed by atoms with van der Waals surface area (Å²) in [4.78, 5) is 0. The second kappa shape index (κ2) is 14.8. The van der Waals surface area contributed by atoms with Crippen LogP contribution in [0.1, 0.15) is 9.60 Å².